The van der Waals surface area contributed by atoms with Crippen LogP contribution in [0.25, 0.3) is 0 Å². The molecule has 0 rings (SSSR count). The minimum atomic E-state index is -1.50. The molecule has 4 atom stereocenters. The topological polar surface area (TPSA) is 263 Å². The number of carbonyl (C=O) groups is 6. The third-order valence-corrected chi connectivity index (χ3v) is 4.54. The second-order valence-electron chi connectivity index (χ2n) is 6.94. The minimum Gasteiger partial charge on any atom is -0.480 e. The molecule has 32 heavy (non-hydrogen) atoms. The molecule has 12 N–H and O–H groups in total. The fourth-order valence-electron chi connectivity index (χ4n) is 2.49. The van der Waals surface area contributed by atoms with Gasteiger partial charge in [0.15, 0.2) is 0 Å². The number of primary amides is 2. The predicted molar refractivity (Wildman–Crippen MR) is 116 cm³/mol. The van der Waals surface area contributed by atoms with E-state index in [-0.39, 0.29) is 12.2 Å². The van der Waals surface area contributed by atoms with Crippen molar-refractivity contribution in [1.82, 2.24) is 16.0 Å². The molecule has 0 aliphatic heterocycles. The number of carbonyl (C=O) groups excluding carboxylic acids is 5. The Morgan fingerprint density at radius 2 is 1.28 bits per heavy atom. The van der Waals surface area contributed by atoms with Crippen LogP contribution in [0, 0.1) is 0 Å². The maximum absolute atomic E-state index is 12.8. The van der Waals surface area contributed by atoms with E-state index < -0.39 is 72.5 Å². The van der Waals surface area contributed by atoms with Gasteiger partial charge in [-0.05, 0) is 25.8 Å². The summed E-state index contributed by atoms with van der Waals surface area (Å²) in [5, 5.41) is 15.8. The highest BCUT2D eigenvalue weighted by Gasteiger charge is 2.31. The number of aliphatic carboxylic acids is 1. The highest BCUT2D eigenvalue weighted by molar-refractivity contribution is 7.80. The Labute approximate surface area is 190 Å². The van der Waals surface area contributed by atoms with Crippen molar-refractivity contribution in [2.75, 3.05) is 12.3 Å². The quantitative estimate of drug-likeness (QED) is 0.0767. The molecule has 5 amide bonds. The molecule has 0 heterocycles. The van der Waals surface area contributed by atoms with Crippen LogP contribution in [0.2, 0.25) is 0 Å². The van der Waals surface area contributed by atoms with E-state index >= 15 is 0 Å². The van der Waals surface area contributed by atoms with Crippen LogP contribution >= 0.6 is 12.6 Å². The second kappa shape index (κ2) is 15.0. The molecule has 0 bridgehead atoms. The largest absolute Gasteiger partial charge is 0.480 e. The smallest absolute Gasteiger partial charge is 0.327 e. The van der Waals surface area contributed by atoms with Crippen molar-refractivity contribution in [3.8, 4) is 0 Å². The predicted octanol–water partition coefficient (Wildman–Crippen LogP) is -4.34. The van der Waals surface area contributed by atoms with E-state index in [9.17, 15) is 28.8 Å². The summed E-state index contributed by atoms with van der Waals surface area (Å²) in [6.07, 6.45) is -0.0116. The molecule has 0 aromatic rings. The van der Waals surface area contributed by atoms with Gasteiger partial charge in [0.1, 0.15) is 18.1 Å². The van der Waals surface area contributed by atoms with Crippen LogP contribution in [0.15, 0.2) is 0 Å². The highest BCUT2D eigenvalue weighted by atomic mass is 32.1. The molecule has 0 aliphatic rings. The van der Waals surface area contributed by atoms with Crippen molar-refractivity contribution >= 4 is 48.1 Å². The van der Waals surface area contributed by atoms with Gasteiger partial charge >= 0.3 is 5.97 Å². The first kappa shape index (κ1) is 29.1. The van der Waals surface area contributed by atoms with Gasteiger partial charge in [-0.2, -0.15) is 12.6 Å². The van der Waals surface area contributed by atoms with Gasteiger partial charge in [0.05, 0.1) is 18.9 Å². The first-order valence-electron chi connectivity index (χ1n) is 9.69. The Morgan fingerprint density at radius 3 is 1.75 bits per heavy atom. The standard InChI is InChI=1S/C17H31N7O7S/c18-4-2-1-3-9(22-14(27)8(19)5-12(20)25)15(28)23-10(6-13(21)26)16(29)24-11(7-32)17(30)31/h8-11,32H,1-7,18-19H2,(H2,20,25)(H2,21,26)(H,22,27)(H,23,28)(H,24,29)(H,30,31). The molecule has 0 aromatic carbocycles. The summed E-state index contributed by atoms with van der Waals surface area (Å²) in [5.41, 5.74) is 21.2. The van der Waals surface area contributed by atoms with Crippen molar-refractivity contribution in [2.24, 2.45) is 22.9 Å². The lowest BCUT2D eigenvalue weighted by molar-refractivity contribution is -0.141. The molecule has 0 spiro atoms. The molecule has 0 saturated carbocycles. The Kier molecular flexibility index (Phi) is 13.6. The lowest BCUT2D eigenvalue weighted by Gasteiger charge is -2.24. The molecule has 0 radical (unpaired) electrons. The Morgan fingerprint density at radius 1 is 0.781 bits per heavy atom. The van der Waals surface area contributed by atoms with Crippen molar-refractivity contribution < 1.29 is 33.9 Å². The molecule has 0 aliphatic carbocycles. The molecule has 0 fully saturated rings. The van der Waals surface area contributed by atoms with Crippen LogP contribution in [-0.2, 0) is 28.8 Å². The van der Waals surface area contributed by atoms with Gasteiger partial charge in [-0.25, -0.2) is 4.79 Å². The van der Waals surface area contributed by atoms with Gasteiger partial charge in [0.2, 0.25) is 29.5 Å². The minimum absolute atomic E-state index is 0.108. The Bertz CT molecular complexity index is 707. The SMILES string of the molecule is NCCCCC(NC(=O)C(N)CC(N)=O)C(=O)NC(CC(N)=O)C(=O)NC(CS)C(=O)O. The maximum Gasteiger partial charge on any atom is 0.327 e. The van der Waals surface area contributed by atoms with E-state index in [4.69, 9.17) is 28.0 Å². The van der Waals surface area contributed by atoms with Crippen molar-refractivity contribution in [3.05, 3.63) is 0 Å². The van der Waals surface area contributed by atoms with E-state index in [1.807, 2.05) is 0 Å². The van der Waals surface area contributed by atoms with E-state index in [2.05, 4.69) is 28.6 Å². The van der Waals surface area contributed by atoms with Gasteiger partial charge in [-0.3, -0.25) is 24.0 Å². The van der Waals surface area contributed by atoms with Gasteiger partial charge in [-0.1, -0.05) is 0 Å². The van der Waals surface area contributed by atoms with E-state index in [0.29, 0.717) is 19.4 Å². The number of carboxylic acid groups (broad SMARTS) is 1. The number of nitrogens with one attached hydrogen (secondary N) is 3. The number of rotatable bonds is 16. The molecular weight excluding hydrogens is 446 g/mol. The first-order chi connectivity index (χ1) is 14.9. The number of hydrogen-bond donors (Lipinski definition) is 9. The van der Waals surface area contributed by atoms with Crippen LogP contribution in [-0.4, -0.2) is 77.1 Å². The molecular formula is C17H31N7O7S. The summed E-state index contributed by atoms with van der Waals surface area (Å²) in [6.45, 7) is 0.330. The van der Waals surface area contributed by atoms with Crippen LogP contribution in [0.5, 0.6) is 0 Å². The number of carboxylic acids is 1. The lowest BCUT2D eigenvalue weighted by Crippen LogP contribution is -2.58. The molecule has 14 nitrogen and oxygen atoms in total. The molecule has 0 saturated heterocycles. The fraction of sp³-hybridized carbons (Fsp3) is 0.647. The number of amides is 5. The zero-order valence-corrected chi connectivity index (χ0v) is 18.3. The number of hydrogen-bond acceptors (Lipinski definition) is 9. The van der Waals surface area contributed by atoms with Gasteiger partial charge < -0.3 is 44.0 Å². The first-order valence-corrected chi connectivity index (χ1v) is 10.3. The molecule has 0 aromatic heterocycles. The average Bonchev–Trinajstić information content (AvgIpc) is 2.69. The van der Waals surface area contributed by atoms with E-state index in [1.54, 1.807) is 0 Å². The van der Waals surface area contributed by atoms with Gasteiger partial charge in [0, 0.05) is 5.75 Å². The molecule has 4 unspecified atom stereocenters. The number of nitrogens with two attached hydrogens (primary N) is 4. The van der Waals surface area contributed by atoms with Gasteiger partial charge in [0.25, 0.3) is 0 Å². The summed E-state index contributed by atoms with van der Waals surface area (Å²) in [6, 6.07) is -5.36. The van der Waals surface area contributed by atoms with Crippen LogP contribution in [0.1, 0.15) is 32.1 Å². The van der Waals surface area contributed by atoms with Crippen molar-refractivity contribution in [1.29, 1.82) is 0 Å². The van der Waals surface area contributed by atoms with Crippen LogP contribution < -0.4 is 38.9 Å². The highest BCUT2D eigenvalue weighted by Crippen LogP contribution is 2.04. The average molecular weight is 478 g/mol. The zero-order chi connectivity index (χ0) is 24.8. The normalized spacial score (nSPS) is 14.3. The lowest BCUT2D eigenvalue weighted by atomic mass is 10.1. The van der Waals surface area contributed by atoms with Crippen LogP contribution in [0.4, 0.5) is 0 Å². The molecule has 182 valence electrons. The molecule has 15 heteroatoms. The third kappa shape index (κ3) is 11.5. The summed E-state index contributed by atoms with van der Waals surface area (Å²) in [4.78, 5) is 70.8. The van der Waals surface area contributed by atoms with Gasteiger partial charge in [-0.15, -0.1) is 0 Å². The monoisotopic (exact) mass is 477 g/mol. The van der Waals surface area contributed by atoms with Crippen LogP contribution in [0.3, 0.4) is 0 Å². The fourth-order valence-corrected chi connectivity index (χ4v) is 2.74. The van der Waals surface area contributed by atoms with Crippen molar-refractivity contribution in [2.45, 2.75) is 56.3 Å². The number of thiol groups is 1. The maximum atomic E-state index is 12.8. The summed E-state index contributed by atoms with van der Waals surface area (Å²) in [5.74, 6) is -6.01. The Balaban J connectivity index is 5.44. The Hall–Kier alpha value is -2.91. The number of unbranched alkanes of at least 4 members (excludes halogenated alkanes) is 1. The van der Waals surface area contributed by atoms with E-state index in [1.165, 1.54) is 0 Å². The third-order valence-electron chi connectivity index (χ3n) is 4.17. The van der Waals surface area contributed by atoms with Crippen molar-refractivity contribution in [3.63, 3.8) is 0 Å². The van der Waals surface area contributed by atoms with E-state index in [0.717, 1.165) is 0 Å². The summed E-state index contributed by atoms with van der Waals surface area (Å²) >= 11 is 3.82. The zero-order valence-electron chi connectivity index (χ0n) is 17.4. The summed E-state index contributed by atoms with van der Waals surface area (Å²) in [7, 11) is 0. The summed E-state index contributed by atoms with van der Waals surface area (Å²) < 4.78 is 0. The second-order valence-corrected chi connectivity index (χ2v) is 7.30.